The topological polar surface area (TPSA) is 85.3 Å². The van der Waals surface area contributed by atoms with E-state index in [1.54, 1.807) is 13.0 Å². The van der Waals surface area contributed by atoms with Crippen molar-refractivity contribution >= 4 is 38.5 Å². The summed E-state index contributed by atoms with van der Waals surface area (Å²) in [5, 5.41) is 10.6. The number of ketones is 1. The first-order chi connectivity index (χ1) is 11.4. The van der Waals surface area contributed by atoms with Gasteiger partial charge in [0, 0.05) is 16.7 Å². The van der Waals surface area contributed by atoms with Gasteiger partial charge in [0.15, 0.2) is 0 Å². The molecule has 0 unspecified atom stereocenters. The number of hydrogen-bond donors (Lipinski definition) is 2. The molecule has 1 aromatic heterocycles. The van der Waals surface area contributed by atoms with Crippen molar-refractivity contribution in [1.82, 2.24) is 4.57 Å². The van der Waals surface area contributed by atoms with Crippen LogP contribution in [0.4, 0.5) is 0 Å². The van der Waals surface area contributed by atoms with Gasteiger partial charge in [0.2, 0.25) is 0 Å². The number of carbonyl (C=O) groups excluding carboxylic acids is 2. The number of phenols is 1. The van der Waals surface area contributed by atoms with E-state index in [4.69, 9.17) is 5.73 Å². The fraction of sp³-hybridized carbons (Fsp3) is 0.111. The number of amides is 1. The Morgan fingerprint density at radius 2 is 1.83 bits per heavy atom. The van der Waals surface area contributed by atoms with Crippen LogP contribution in [0.15, 0.2) is 46.9 Å². The van der Waals surface area contributed by atoms with Crippen LogP contribution in [-0.2, 0) is 11.3 Å². The molecule has 0 aliphatic heterocycles. The van der Waals surface area contributed by atoms with Gasteiger partial charge in [-0.15, -0.1) is 0 Å². The first-order valence-electron chi connectivity index (χ1n) is 7.30. The zero-order valence-electron chi connectivity index (χ0n) is 12.9. The lowest BCUT2D eigenvalue weighted by molar-refractivity contribution is -0.114. The van der Waals surface area contributed by atoms with Crippen LogP contribution in [0.25, 0.3) is 10.9 Å². The fourth-order valence-electron chi connectivity index (χ4n) is 2.91. The van der Waals surface area contributed by atoms with Crippen LogP contribution in [0.3, 0.4) is 0 Å². The van der Waals surface area contributed by atoms with Crippen molar-refractivity contribution in [2.45, 2.75) is 13.5 Å². The zero-order chi connectivity index (χ0) is 17.4. The van der Waals surface area contributed by atoms with Crippen LogP contribution >= 0.6 is 15.9 Å². The molecule has 6 heteroatoms. The van der Waals surface area contributed by atoms with Crippen LogP contribution in [-0.4, -0.2) is 21.4 Å². The number of nitrogens with zero attached hydrogens (tertiary/aromatic N) is 1. The molecular weight excluding hydrogens is 372 g/mol. The minimum Gasteiger partial charge on any atom is -0.507 e. The molecule has 3 rings (SSSR count). The maximum Gasteiger partial charge on any atom is 0.289 e. The van der Waals surface area contributed by atoms with E-state index in [-0.39, 0.29) is 11.3 Å². The summed E-state index contributed by atoms with van der Waals surface area (Å²) >= 11 is 3.47. The third kappa shape index (κ3) is 2.59. The summed E-state index contributed by atoms with van der Waals surface area (Å²) in [6.07, 6.45) is 0. The zero-order valence-corrected chi connectivity index (χ0v) is 14.5. The van der Waals surface area contributed by atoms with E-state index in [0.717, 1.165) is 10.0 Å². The van der Waals surface area contributed by atoms with Gasteiger partial charge in [-0.25, -0.2) is 0 Å². The highest BCUT2D eigenvalue weighted by Crippen LogP contribution is 2.38. The van der Waals surface area contributed by atoms with Crippen molar-refractivity contribution in [3.05, 3.63) is 63.8 Å². The van der Waals surface area contributed by atoms with Gasteiger partial charge >= 0.3 is 0 Å². The molecule has 0 aliphatic carbocycles. The first-order valence-corrected chi connectivity index (χ1v) is 8.09. The molecule has 0 bridgehead atoms. The Balaban J connectivity index is 2.33. The third-order valence-corrected chi connectivity index (χ3v) is 4.67. The molecule has 3 N–H and O–H groups in total. The van der Waals surface area contributed by atoms with Gasteiger partial charge in [0.05, 0.1) is 16.5 Å². The lowest BCUT2D eigenvalue weighted by atomic mass is 10.1. The lowest BCUT2D eigenvalue weighted by Crippen LogP contribution is -2.23. The van der Waals surface area contributed by atoms with Gasteiger partial charge < -0.3 is 15.4 Å². The second kappa shape index (κ2) is 6.13. The first kappa shape index (κ1) is 16.3. The lowest BCUT2D eigenvalue weighted by Gasteiger charge is -2.10. The normalized spacial score (nSPS) is 10.9. The number of rotatable bonds is 4. The number of primary amides is 1. The van der Waals surface area contributed by atoms with Gasteiger partial charge in [-0.3, -0.25) is 9.59 Å². The summed E-state index contributed by atoms with van der Waals surface area (Å²) in [7, 11) is 0. The third-order valence-electron chi connectivity index (χ3n) is 4.03. The SMILES string of the molecule is Cc1c(C(=O)C(N)=O)c2c(O)ccc(Br)c2n1Cc1ccccc1. The Labute approximate surface area is 146 Å². The van der Waals surface area contributed by atoms with Crippen molar-refractivity contribution < 1.29 is 14.7 Å². The van der Waals surface area contributed by atoms with Gasteiger partial charge in [-0.1, -0.05) is 30.3 Å². The maximum absolute atomic E-state index is 12.3. The van der Waals surface area contributed by atoms with E-state index in [2.05, 4.69) is 15.9 Å². The van der Waals surface area contributed by atoms with Crippen molar-refractivity contribution in [2.75, 3.05) is 0 Å². The molecule has 5 nitrogen and oxygen atoms in total. The number of benzene rings is 2. The molecule has 2 aromatic carbocycles. The van der Waals surface area contributed by atoms with Crippen LogP contribution in [0.2, 0.25) is 0 Å². The molecule has 0 spiro atoms. The van der Waals surface area contributed by atoms with Crippen molar-refractivity contribution in [2.24, 2.45) is 5.73 Å². The van der Waals surface area contributed by atoms with Gasteiger partial charge in [0.1, 0.15) is 5.75 Å². The van der Waals surface area contributed by atoms with Gasteiger partial charge in [-0.2, -0.15) is 0 Å². The Kier molecular flexibility index (Phi) is 4.15. The number of Topliss-reactive ketones (excluding diaryl/α,β-unsaturated/α-hetero) is 1. The van der Waals surface area contributed by atoms with E-state index in [1.807, 2.05) is 34.9 Å². The smallest absolute Gasteiger partial charge is 0.289 e. The number of halogens is 1. The van der Waals surface area contributed by atoms with E-state index < -0.39 is 11.7 Å². The number of nitrogens with two attached hydrogens (primary N) is 1. The standard InChI is InChI=1S/C18H15BrN2O3/c1-10-14(17(23)18(20)24)15-13(22)8-7-12(19)16(15)21(10)9-11-5-3-2-4-6-11/h2-8,22H,9H2,1H3,(H2,20,24). The summed E-state index contributed by atoms with van der Waals surface area (Å²) in [5.74, 6) is -1.92. The summed E-state index contributed by atoms with van der Waals surface area (Å²) < 4.78 is 2.61. The van der Waals surface area contributed by atoms with Crippen molar-refractivity contribution in [3.8, 4) is 5.75 Å². The van der Waals surface area contributed by atoms with Crippen LogP contribution < -0.4 is 5.73 Å². The van der Waals surface area contributed by atoms with Crippen LogP contribution in [0.5, 0.6) is 5.75 Å². The minimum atomic E-state index is -1.05. The molecule has 0 radical (unpaired) electrons. The Morgan fingerprint density at radius 1 is 1.17 bits per heavy atom. The molecular formula is C18H15BrN2O3. The second-order valence-corrected chi connectivity index (χ2v) is 6.37. The highest BCUT2D eigenvalue weighted by molar-refractivity contribution is 9.10. The molecule has 1 amide bonds. The summed E-state index contributed by atoms with van der Waals surface area (Å²) in [6, 6.07) is 12.9. The number of fused-ring (bicyclic) bond motifs is 1. The quantitative estimate of drug-likeness (QED) is 0.533. The largest absolute Gasteiger partial charge is 0.507 e. The predicted octanol–water partition coefficient (Wildman–Crippen LogP) is 3.13. The predicted molar refractivity (Wildman–Crippen MR) is 95.1 cm³/mol. The van der Waals surface area contributed by atoms with Crippen molar-refractivity contribution in [3.63, 3.8) is 0 Å². The number of hydrogen-bond acceptors (Lipinski definition) is 3. The number of aromatic nitrogens is 1. The number of phenolic OH excluding ortho intramolecular Hbond substituents is 1. The van der Waals surface area contributed by atoms with Crippen LogP contribution in [0.1, 0.15) is 21.6 Å². The maximum atomic E-state index is 12.3. The highest BCUT2D eigenvalue weighted by atomic mass is 79.9. The number of aromatic hydroxyl groups is 1. The number of carbonyl (C=O) groups is 2. The summed E-state index contributed by atoms with van der Waals surface area (Å²) in [5.41, 5.74) is 7.60. The molecule has 122 valence electrons. The second-order valence-electron chi connectivity index (χ2n) is 5.52. The molecule has 0 atom stereocenters. The average Bonchev–Trinajstić information content (AvgIpc) is 2.85. The van der Waals surface area contributed by atoms with E-state index in [9.17, 15) is 14.7 Å². The molecule has 0 aliphatic rings. The average molecular weight is 387 g/mol. The minimum absolute atomic E-state index is 0.0623. The van der Waals surface area contributed by atoms with Crippen molar-refractivity contribution in [1.29, 1.82) is 0 Å². The molecule has 1 heterocycles. The van der Waals surface area contributed by atoms with Gasteiger partial charge in [0.25, 0.3) is 11.7 Å². The molecule has 24 heavy (non-hydrogen) atoms. The highest BCUT2D eigenvalue weighted by Gasteiger charge is 2.26. The van der Waals surface area contributed by atoms with E-state index in [0.29, 0.717) is 23.1 Å². The van der Waals surface area contributed by atoms with Crippen LogP contribution in [0, 0.1) is 6.92 Å². The Hall–Kier alpha value is -2.60. The molecule has 0 fully saturated rings. The Morgan fingerprint density at radius 3 is 2.46 bits per heavy atom. The summed E-state index contributed by atoms with van der Waals surface area (Å²) in [4.78, 5) is 23.7. The molecule has 0 saturated carbocycles. The monoisotopic (exact) mass is 386 g/mol. The summed E-state index contributed by atoms with van der Waals surface area (Å²) in [6.45, 7) is 2.24. The molecule has 0 saturated heterocycles. The van der Waals surface area contributed by atoms with E-state index in [1.165, 1.54) is 6.07 Å². The molecule has 3 aromatic rings. The van der Waals surface area contributed by atoms with Gasteiger partial charge in [-0.05, 0) is 40.5 Å². The van der Waals surface area contributed by atoms with E-state index >= 15 is 0 Å². The fourth-order valence-corrected chi connectivity index (χ4v) is 3.46. The Bertz CT molecular complexity index is 962.